The fraction of sp³-hybridized carbons (Fsp3) is 0.273. The van der Waals surface area contributed by atoms with Crippen LogP contribution in [-0.2, 0) is 13.1 Å². The molecule has 0 fully saturated rings. The molecule has 3 aromatic rings. The Hall–Kier alpha value is -3.06. The SMILES string of the molecule is CCn1sc(=Nc2ccc(C(C)=O)cc2)n(CC)c1=Nc1ccc(C(C)=O)cc1. The molecule has 2 aromatic carbocycles. The lowest BCUT2D eigenvalue weighted by Crippen LogP contribution is -2.29. The molecule has 0 amide bonds. The fourth-order valence-electron chi connectivity index (χ4n) is 2.86. The largest absolute Gasteiger partial charge is 0.295 e. The van der Waals surface area contributed by atoms with Gasteiger partial charge in [0.15, 0.2) is 11.6 Å². The van der Waals surface area contributed by atoms with E-state index in [1.807, 2.05) is 24.3 Å². The molecule has 0 atom stereocenters. The molecule has 0 unspecified atom stereocenters. The second-order valence-electron chi connectivity index (χ2n) is 6.54. The zero-order chi connectivity index (χ0) is 21.0. The summed E-state index contributed by atoms with van der Waals surface area (Å²) < 4.78 is 4.15. The Morgan fingerprint density at radius 2 is 1.28 bits per heavy atom. The minimum Gasteiger partial charge on any atom is -0.295 e. The van der Waals surface area contributed by atoms with Crippen LogP contribution in [0.1, 0.15) is 48.4 Å². The summed E-state index contributed by atoms with van der Waals surface area (Å²) in [5.41, 5.74) is 3.74. The van der Waals surface area contributed by atoms with Crippen molar-refractivity contribution in [2.45, 2.75) is 40.8 Å². The Morgan fingerprint density at radius 3 is 1.69 bits per heavy atom. The standard InChI is InChI=1S/C22H24N4O2S/c1-5-25-21(23-19-11-7-17(8-12-19)15(3)27)26(6-2)29-22(25)24-20-13-9-18(10-14-20)16(4)28/h7-14H,5-6H2,1-4H3. The maximum absolute atomic E-state index is 11.5. The van der Waals surface area contributed by atoms with Crippen molar-refractivity contribution < 1.29 is 9.59 Å². The maximum Gasteiger partial charge on any atom is 0.221 e. The summed E-state index contributed by atoms with van der Waals surface area (Å²) in [5.74, 6) is 0.0770. The van der Waals surface area contributed by atoms with Crippen LogP contribution >= 0.6 is 11.5 Å². The Labute approximate surface area is 173 Å². The van der Waals surface area contributed by atoms with Crippen LogP contribution in [0.15, 0.2) is 58.5 Å². The molecule has 0 saturated carbocycles. The summed E-state index contributed by atoms with van der Waals surface area (Å²) in [6, 6.07) is 14.6. The predicted molar refractivity (Wildman–Crippen MR) is 115 cm³/mol. The molecule has 6 nitrogen and oxygen atoms in total. The van der Waals surface area contributed by atoms with Crippen molar-refractivity contribution >= 4 is 34.5 Å². The van der Waals surface area contributed by atoms with Crippen molar-refractivity contribution in [1.82, 2.24) is 8.52 Å². The van der Waals surface area contributed by atoms with Gasteiger partial charge in [0.05, 0.1) is 11.4 Å². The van der Waals surface area contributed by atoms with Gasteiger partial charge in [-0.2, -0.15) is 0 Å². The first-order valence-electron chi connectivity index (χ1n) is 9.55. The van der Waals surface area contributed by atoms with Gasteiger partial charge >= 0.3 is 0 Å². The molecule has 150 valence electrons. The van der Waals surface area contributed by atoms with E-state index >= 15 is 0 Å². The smallest absolute Gasteiger partial charge is 0.221 e. The number of hydrogen-bond donors (Lipinski definition) is 0. The van der Waals surface area contributed by atoms with Crippen LogP contribution < -0.4 is 10.4 Å². The second-order valence-corrected chi connectivity index (χ2v) is 7.53. The quantitative estimate of drug-likeness (QED) is 0.572. The molecule has 0 radical (unpaired) electrons. The van der Waals surface area contributed by atoms with E-state index in [9.17, 15) is 9.59 Å². The van der Waals surface area contributed by atoms with Crippen molar-refractivity contribution in [2.75, 3.05) is 0 Å². The Morgan fingerprint density at radius 1 is 0.793 bits per heavy atom. The zero-order valence-electron chi connectivity index (χ0n) is 17.0. The molecule has 0 bridgehead atoms. The summed E-state index contributed by atoms with van der Waals surface area (Å²) in [5, 5.41) is 0. The van der Waals surface area contributed by atoms with Crippen LogP contribution in [0.3, 0.4) is 0 Å². The van der Waals surface area contributed by atoms with E-state index in [0.29, 0.717) is 11.1 Å². The third-order valence-electron chi connectivity index (χ3n) is 4.49. The van der Waals surface area contributed by atoms with Gasteiger partial charge in [-0.15, -0.1) is 0 Å². The molecule has 29 heavy (non-hydrogen) atoms. The zero-order valence-corrected chi connectivity index (χ0v) is 17.9. The first-order valence-corrected chi connectivity index (χ1v) is 10.3. The lowest BCUT2D eigenvalue weighted by molar-refractivity contribution is 0.100. The summed E-state index contributed by atoms with van der Waals surface area (Å²) in [7, 11) is 0. The first kappa shape index (κ1) is 20.7. The number of nitrogens with zero attached hydrogens (tertiary/aromatic N) is 4. The van der Waals surface area contributed by atoms with Gasteiger partial charge in [0, 0.05) is 24.2 Å². The number of ketones is 2. The Bertz CT molecular complexity index is 1160. The van der Waals surface area contributed by atoms with E-state index in [1.165, 1.54) is 0 Å². The topological polar surface area (TPSA) is 68.7 Å². The number of aromatic nitrogens is 2. The maximum atomic E-state index is 11.5. The number of rotatable bonds is 6. The molecule has 0 N–H and O–H groups in total. The monoisotopic (exact) mass is 408 g/mol. The number of Topliss-reactive ketones (excluding diaryl/α,β-unsaturated/α-hetero) is 2. The highest BCUT2D eigenvalue weighted by molar-refractivity contribution is 7.03. The molecule has 3 rings (SSSR count). The number of aryl methyl sites for hydroxylation is 1. The average molecular weight is 409 g/mol. The molecule has 7 heteroatoms. The van der Waals surface area contributed by atoms with Crippen LogP contribution in [0.2, 0.25) is 0 Å². The van der Waals surface area contributed by atoms with Crippen molar-refractivity contribution in [2.24, 2.45) is 9.98 Å². The molecule has 0 aliphatic carbocycles. The van der Waals surface area contributed by atoms with Gasteiger partial charge in [0.2, 0.25) is 10.4 Å². The van der Waals surface area contributed by atoms with Gasteiger partial charge in [-0.05, 0) is 87.8 Å². The highest BCUT2D eigenvalue weighted by Gasteiger charge is 2.06. The fourth-order valence-corrected chi connectivity index (χ4v) is 3.86. The van der Waals surface area contributed by atoms with E-state index in [4.69, 9.17) is 9.98 Å². The summed E-state index contributed by atoms with van der Waals surface area (Å²) in [6.07, 6.45) is 0. The van der Waals surface area contributed by atoms with Gasteiger partial charge in [-0.25, -0.2) is 9.98 Å². The average Bonchev–Trinajstić information content (AvgIpc) is 3.04. The first-order chi connectivity index (χ1) is 13.9. The summed E-state index contributed by atoms with van der Waals surface area (Å²) in [4.78, 5) is 33.4. The van der Waals surface area contributed by atoms with Crippen LogP contribution in [0.25, 0.3) is 0 Å². The van der Waals surface area contributed by atoms with E-state index in [-0.39, 0.29) is 11.6 Å². The highest BCUT2D eigenvalue weighted by atomic mass is 32.1. The van der Waals surface area contributed by atoms with E-state index < -0.39 is 0 Å². The third kappa shape index (κ3) is 4.68. The van der Waals surface area contributed by atoms with Crippen molar-refractivity contribution in [1.29, 1.82) is 0 Å². The minimum atomic E-state index is 0.0382. The van der Waals surface area contributed by atoms with Gasteiger partial charge in [0.1, 0.15) is 0 Å². The number of carbonyl (C=O) groups is 2. The molecule has 1 aromatic heterocycles. The van der Waals surface area contributed by atoms with E-state index in [0.717, 1.165) is 34.9 Å². The van der Waals surface area contributed by atoms with E-state index in [1.54, 1.807) is 49.6 Å². The van der Waals surface area contributed by atoms with Crippen molar-refractivity contribution in [3.05, 3.63) is 70.1 Å². The van der Waals surface area contributed by atoms with Crippen molar-refractivity contribution in [3.8, 4) is 0 Å². The lowest BCUT2D eigenvalue weighted by Gasteiger charge is -2.01. The van der Waals surface area contributed by atoms with Gasteiger partial charge in [-0.1, -0.05) is 0 Å². The molecule has 0 saturated heterocycles. The van der Waals surface area contributed by atoms with Crippen LogP contribution in [-0.4, -0.2) is 20.1 Å². The second kappa shape index (κ2) is 8.96. The summed E-state index contributed by atoms with van der Waals surface area (Å²) >= 11 is 1.54. The molecule has 0 aliphatic heterocycles. The normalized spacial score (nSPS) is 12.4. The molecule has 0 aliphatic rings. The van der Waals surface area contributed by atoms with Crippen LogP contribution in [0, 0.1) is 0 Å². The van der Waals surface area contributed by atoms with Crippen LogP contribution in [0.4, 0.5) is 11.4 Å². The van der Waals surface area contributed by atoms with Gasteiger partial charge < -0.3 is 0 Å². The number of carbonyl (C=O) groups excluding carboxylic acids is 2. The van der Waals surface area contributed by atoms with Gasteiger partial charge in [-0.3, -0.25) is 18.1 Å². The summed E-state index contributed by atoms with van der Waals surface area (Å²) in [6.45, 7) is 8.73. The molecular weight excluding hydrogens is 384 g/mol. The Kier molecular flexibility index (Phi) is 6.39. The molecular formula is C22H24N4O2S. The van der Waals surface area contributed by atoms with Crippen molar-refractivity contribution in [3.63, 3.8) is 0 Å². The van der Waals surface area contributed by atoms with Gasteiger partial charge in [0.25, 0.3) is 0 Å². The number of benzene rings is 2. The minimum absolute atomic E-state index is 0.0382. The molecule has 0 spiro atoms. The highest BCUT2D eigenvalue weighted by Crippen LogP contribution is 2.14. The lowest BCUT2D eigenvalue weighted by atomic mass is 10.1. The molecule has 1 heterocycles. The Balaban J connectivity index is 2.10. The van der Waals surface area contributed by atoms with E-state index in [2.05, 4.69) is 22.4 Å². The van der Waals surface area contributed by atoms with Crippen LogP contribution in [0.5, 0.6) is 0 Å². The third-order valence-corrected chi connectivity index (χ3v) is 5.61. The number of hydrogen-bond acceptors (Lipinski definition) is 5. The predicted octanol–water partition coefficient (Wildman–Crippen LogP) is 4.26.